The molecule has 1 aliphatic rings. The molecule has 0 saturated carbocycles. The highest BCUT2D eigenvalue weighted by atomic mass is 79.9. The zero-order valence-corrected chi connectivity index (χ0v) is 10.3. The van der Waals surface area contributed by atoms with Crippen LogP contribution in [0.25, 0.3) is 0 Å². The first-order chi connectivity index (χ1) is 8.31. The second-order valence-electron chi connectivity index (χ2n) is 3.42. The average molecular weight is 294 g/mol. The van der Waals surface area contributed by atoms with Crippen molar-refractivity contribution in [2.75, 3.05) is 12.1 Å². The molecule has 5 nitrogen and oxygen atoms in total. The van der Waals surface area contributed by atoms with E-state index in [4.69, 9.17) is 9.47 Å². The van der Waals surface area contributed by atoms with Crippen molar-refractivity contribution in [1.82, 2.24) is 9.97 Å². The van der Waals surface area contributed by atoms with E-state index < -0.39 is 0 Å². The van der Waals surface area contributed by atoms with Crippen molar-refractivity contribution in [2.45, 2.75) is 0 Å². The van der Waals surface area contributed by atoms with Crippen LogP contribution in [-0.2, 0) is 0 Å². The zero-order valence-electron chi connectivity index (χ0n) is 8.68. The van der Waals surface area contributed by atoms with E-state index in [-0.39, 0.29) is 6.79 Å². The Kier molecular flexibility index (Phi) is 2.56. The van der Waals surface area contributed by atoms with Gasteiger partial charge in [0, 0.05) is 24.1 Å². The molecular weight excluding hydrogens is 286 g/mol. The predicted molar refractivity (Wildman–Crippen MR) is 65.6 cm³/mol. The van der Waals surface area contributed by atoms with Gasteiger partial charge in [-0.3, -0.25) is 0 Å². The molecule has 1 aromatic heterocycles. The van der Waals surface area contributed by atoms with E-state index >= 15 is 0 Å². The Balaban J connectivity index is 1.83. The van der Waals surface area contributed by atoms with Gasteiger partial charge in [-0.25, -0.2) is 9.97 Å². The van der Waals surface area contributed by atoms with Crippen molar-refractivity contribution in [3.8, 4) is 11.5 Å². The number of nitrogens with one attached hydrogen (secondary N) is 1. The van der Waals surface area contributed by atoms with Gasteiger partial charge in [0.1, 0.15) is 0 Å². The first-order valence-corrected chi connectivity index (χ1v) is 5.75. The van der Waals surface area contributed by atoms with Gasteiger partial charge in [0.25, 0.3) is 0 Å². The van der Waals surface area contributed by atoms with Crippen LogP contribution in [0, 0.1) is 0 Å². The van der Waals surface area contributed by atoms with Crippen LogP contribution in [0.3, 0.4) is 0 Å². The van der Waals surface area contributed by atoms with Crippen molar-refractivity contribution in [3.05, 3.63) is 35.1 Å². The number of rotatable bonds is 2. The van der Waals surface area contributed by atoms with Crippen LogP contribution in [-0.4, -0.2) is 16.8 Å². The quantitative estimate of drug-likeness (QED) is 0.923. The van der Waals surface area contributed by atoms with Gasteiger partial charge in [-0.05, 0) is 28.1 Å². The molecule has 0 bridgehead atoms. The van der Waals surface area contributed by atoms with Crippen molar-refractivity contribution < 1.29 is 9.47 Å². The van der Waals surface area contributed by atoms with E-state index in [0.717, 1.165) is 21.7 Å². The third-order valence-corrected chi connectivity index (χ3v) is 2.66. The van der Waals surface area contributed by atoms with Crippen LogP contribution in [0.4, 0.5) is 11.6 Å². The summed E-state index contributed by atoms with van der Waals surface area (Å²) in [6.07, 6.45) is 3.37. The monoisotopic (exact) mass is 293 g/mol. The highest BCUT2D eigenvalue weighted by molar-refractivity contribution is 9.10. The molecule has 0 fully saturated rings. The van der Waals surface area contributed by atoms with E-state index in [1.807, 2.05) is 18.2 Å². The SMILES string of the molecule is Brc1cnc(Nc2ccc3c(c2)OCO3)nc1. The van der Waals surface area contributed by atoms with E-state index in [1.54, 1.807) is 12.4 Å². The second kappa shape index (κ2) is 4.21. The van der Waals surface area contributed by atoms with E-state index in [2.05, 4.69) is 31.2 Å². The molecule has 0 spiro atoms. The Bertz CT molecular complexity index is 545. The first-order valence-electron chi connectivity index (χ1n) is 4.95. The van der Waals surface area contributed by atoms with Gasteiger partial charge in [-0.1, -0.05) is 0 Å². The summed E-state index contributed by atoms with van der Waals surface area (Å²) in [5, 5.41) is 3.08. The molecule has 6 heteroatoms. The maximum Gasteiger partial charge on any atom is 0.231 e. The molecule has 2 aromatic rings. The lowest BCUT2D eigenvalue weighted by molar-refractivity contribution is 0.174. The van der Waals surface area contributed by atoms with Crippen molar-refractivity contribution >= 4 is 27.6 Å². The number of hydrogen-bond donors (Lipinski definition) is 1. The molecule has 0 atom stereocenters. The molecule has 3 rings (SSSR count). The molecule has 0 amide bonds. The van der Waals surface area contributed by atoms with Crippen LogP contribution in [0.15, 0.2) is 35.1 Å². The number of nitrogens with zero attached hydrogens (tertiary/aromatic N) is 2. The fourth-order valence-electron chi connectivity index (χ4n) is 1.48. The zero-order chi connectivity index (χ0) is 11.7. The lowest BCUT2D eigenvalue weighted by Gasteiger charge is -2.05. The molecule has 1 N–H and O–H groups in total. The summed E-state index contributed by atoms with van der Waals surface area (Å²) in [5.74, 6) is 2.02. The Morgan fingerprint density at radius 1 is 1.12 bits per heavy atom. The summed E-state index contributed by atoms with van der Waals surface area (Å²) < 4.78 is 11.4. The molecule has 0 saturated heterocycles. The standard InChI is InChI=1S/C11H8BrN3O2/c12-7-4-13-11(14-5-7)15-8-1-2-9-10(3-8)17-6-16-9/h1-5H,6H2,(H,13,14,15). The fourth-order valence-corrected chi connectivity index (χ4v) is 1.68. The molecule has 1 aliphatic heterocycles. The van der Waals surface area contributed by atoms with Gasteiger partial charge in [0.2, 0.25) is 12.7 Å². The summed E-state index contributed by atoms with van der Waals surface area (Å²) in [6.45, 7) is 0.271. The Hall–Kier alpha value is -1.82. The van der Waals surface area contributed by atoms with Crippen molar-refractivity contribution in [2.24, 2.45) is 0 Å². The van der Waals surface area contributed by atoms with E-state index in [0.29, 0.717) is 5.95 Å². The van der Waals surface area contributed by atoms with Crippen LogP contribution in [0.5, 0.6) is 11.5 Å². The lowest BCUT2D eigenvalue weighted by atomic mass is 10.3. The lowest BCUT2D eigenvalue weighted by Crippen LogP contribution is -1.96. The van der Waals surface area contributed by atoms with E-state index in [1.165, 1.54) is 0 Å². The van der Waals surface area contributed by atoms with Gasteiger partial charge in [0.15, 0.2) is 11.5 Å². The highest BCUT2D eigenvalue weighted by Gasteiger charge is 2.13. The number of aromatic nitrogens is 2. The van der Waals surface area contributed by atoms with Gasteiger partial charge in [0.05, 0.1) is 4.47 Å². The molecule has 0 unspecified atom stereocenters. The van der Waals surface area contributed by atoms with Gasteiger partial charge >= 0.3 is 0 Å². The number of anilines is 2. The molecule has 17 heavy (non-hydrogen) atoms. The van der Waals surface area contributed by atoms with Gasteiger partial charge < -0.3 is 14.8 Å². The smallest absolute Gasteiger partial charge is 0.231 e. The second-order valence-corrected chi connectivity index (χ2v) is 4.33. The Labute approximate surface area is 106 Å². The highest BCUT2D eigenvalue weighted by Crippen LogP contribution is 2.34. The summed E-state index contributed by atoms with van der Waals surface area (Å²) in [7, 11) is 0. The Morgan fingerprint density at radius 2 is 1.88 bits per heavy atom. The third-order valence-electron chi connectivity index (χ3n) is 2.25. The van der Waals surface area contributed by atoms with E-state index in [9.17, 15) is 0 Å². The molecule has 2 heterocycles. The number of ether oxygens (including phenoxy) is 2. The van der Waals surface area contributed by atoms with Crippen LogP contribution >= 0.6 is 15.9 Å². The molecule has 0 radical (unpaired) electrons. The normalized spacial score (nSPS) is 12.5. The maximum atomic E-state index is 5.29. The molecule has 0 aliphatic carbocycles. The fraction of sp³-hybridized carbons (Fsp3) is 0.0909. The largest absolute Gasteiger partial charge is 0.454 e. The van der Waals surface area contributed by atoms with Crippen molar-refractivity contribution in [1.29, 1.82) is 0 Å². The molecular formula is C11H8BrN3O2. The molecule has 86 valence electrons. The van der Waals surface area contributed by atoms with Crippen LogP contribution < -0.4 is 14.8 Å². The number of fused-ring (bicyclic) bond motifs is 1. The minimum atomic E-state index is 0.271. The number of benzene rings is 1. The van der Waals surface area contributed by atoms with Crippen LogP contribution in [0.2, 0.25) is 0 Å². The minimum absolute atomic E-state index is 0.271. The number of halogens is 1. The topological polar surface area (TPSA) is 56.3 Å². The molecule has 1 aromatic carbocycles. The van der Waals surface area contributed by atoms with Gasteiger partial charge in [-0.15, -0.1) is 0 Å². The van der Waals surface area contributed by atoms with Crippen LogP contribution in [0.1, 0.15) is 0 Å². The van der Waals surface area contributed by atoms with Gasteiger partial charge in [-0.2, -0.15) is 0 Å². The van der Waals surface area contributed by atoms with Crippen molar-refractivity contribution in [3.63, 3.8) is 0 Å². The maximum absolute atomic E-state index is 5.29. The summed E-state index contributed by atoms with van der Waals surface area (Å²) in [4.78, 5) is 8.25. The Morgan fingerprint density at radius 3 is 2.71 bits per heavy atom. The summed E-state index contributed by atoms with van der Waals surface area (Å²) in [5.41, 5.74) is 0.858. The number of hydrogen-bond acceptors (Lipinski definition) is 5. The third kappa shape index (κ3) is 2.16. The predicted octanol–water partition coefficient (Wildman–Crippen LogP) is 2.71. The average Bonchev–Trinajstić information content (AvgIpc) is 2.79. The summed E-state index contributed by atoms with van der Waals surface area (Å²) >= 11 is 3.28. The minimum Gasteiger partial charge on any atom is -0.454 e. The first kappa shape index (κ1) is 10.3. The summed E-state index contributed by atoms with van der Waals surface area (Å²) in [6, 6.07) is 5.59.